The number of nitrogens with one attached hydrogen (secondary N) is 1. The van der Waals surface area contributed by atoms with Crippen molar-refractivity contribution < 1.29 is 28.2 Å². The van der Waals surface area contributed by atoms with Gasteiger partial charge in [-0.3, -0.25) is 4.79 Å². The Balaban J connectivity index is 1.59. The molecule has 1 fully saturated rings. The van der Waals surface area contributed by atoms with Gasteiger partial charge in [0.15, 0.2) is 0 Å². The average Bonchev–Trinajstić information content (AvgIpc) is 3.23. The summed E-state index contributed by atoms with van der Waals surface area (Å²) in [4.78, 5) is 24.3. The first-order chi connectivity index (χ1) is 16.4. The Labute approximate surface area is 204 Å². The number of alkyl halides is 3. The minimum absolute atomic E-state index is 0.172. The maximum Gasteiger partial charge on any atom is 0.433 e. The van der Waals surface area contributed by atoms with Crippen LogP contribution in [0.4, 0.5) is 24.8 Å². The Bertz CT molecular complexity index is 1230. The van der Waals surface area contributed by atoms with Gasteiger partial charge < -0.3 is 15.5 Å². The van der Waals surface area contributed by atoms with Crippen LogP contribution in [0.3, 0.4) is 0 Å². The summed E-state index contributed by atoms with van der Waals surface area (Å²) in [5, 5.41) is 24.2. The number of nitrogens with zero attached hydrogens (tertiary/aromatic N) is 3. The van der Waals surface area contributed by atoms with E-state index in [1.54, 1.807) is 18.3 Å². The molecule has 3 N–H and O–H groups in total. The molecule has 0 spiro atoms. The molecular formula is C24H25F3N4O3S. The lowest BCUT2D eigenvalue weighted by Gasteiger charge is -2.41. The Morgan fingerprint density at radius 3 is 2.49 bits per heavy atom. The fourth-order valence-corrected chi connectivity index (χ4v) is 5.96. The standard InChI is InChI=1S/C24H25F3N4O3S/c1-12-6-15(8-16(7-12)30-22-28-5-4-18(31-22)24(25,26)27)17-11-29-21(35-17)23(34)9-13(2)19(20(32)33)14(3)10-23/h4-8,11,13-14,19,34H,9-10H2,1-3H3,(H,32,33)(H,28,30,31)/t13-,14?,19+,23-/m1/s1. The van der Waals surface area contributed by atoms with Gasteiger partial charge in [0.05, 0.1) is 10.8 Å². The molecule has 4 rings (SSSR count). The van der Waals surface area contributed by atoms with E-state index in [1.165, 1.54) is 11.3 Å². The zero-order valence-corrected chi connectivity index (χ0v) is 20.1. The number of benzene rings is 1. The van der Waals surface area contributed by atoms with Gasteiger partial charge in [-0.25, -0.2) is 15.0 Å². The molecule has 3 aromatic rings. The number of aryl methyl sites for hydroxylation is 1. The number of rotatable bonds is 5. The van der Waals surface area contributed by atoms with Crippen molar-refractivity contribution in [3.05, 3.63) is 52.9 Å². The molecule has 0 aliphatic heterocycles. The average molecular weight is 507 g/mol. The smallest absolute Gasteiger partial charge is 0.433 e. The molecule has 0 radical (unpaired) electrons. The van der Waals surface area contributed by atoms with Crippen LogP contribution < -0.4 is 5.32 Å². The molecule has 2 aromatic heterocycles. The molecule has 1 aliphatic carbocycles. The number of carboxylic acid groups (broad SMARTS) is 1. The second-order valence-corrected chi connectivity index (χ2v) is 10.3. The monoisotopic (exact) mass is 506 g/mol. The number of aliphatic carboxylic acids is 1. The predicted molar refractivity (Wildman–Crippen MR) is 125 cm³/mol. The third-order valence-electron chi connectivity index (χ3n) is 6.30. The molecule has 1 unspecified atom stereocenters. The van der Waals surface area contributed by atoms with E-state index in [1.807, 2.05) is 26.8 Å². The molecule has 1 aromatic carbocycles. The number of aliphatic hydroxyl groups is 1. The Hall–Kier alpha value is -3.05. The second kappa shape index (κ2) is 9.19. The van der Waals surface area contributed by atoms with Gasteiger partial charge in [-0.2, -0.15) is 13.2 Å². The zero-order chi connectivity index (χ0) is 25.5. The lowest BCUT2D eigenvalue weighted by atomic mass is 9.67. The van der Waals surface area contributed by atoms with Crippen molar-refractivity contribution in [3.63, 3.8) is 0 Å². The Morgan fingerprint density at radius 1 is 1.17 bits per heavy atom. The quantitative estimate of drug-likeness (QED) is 0.412. The van der Waals surface area contributed by atoms with Gasteiger partial charge in [0.2, 0.25) is 5.95 Å². The van der Waals surface area contributed by atoms with Crippen LogP contribution in [-0.2, 0) is 16.6 Å². The lowest BCUT2D eigenvalue weighted by molar-refractivity contribution is -0.152. The summed E-state index contributed by atoms with van der Waals surface area (Å²) in [6.07, 6.45) is -1.28. The maximum atomic E-state index is 13.0. The van der Waals surface area contributed by atoms with Crippen molar-refractivity contribution in [2.75, 3.05) is 5.32 Å². The second-order valence-electron chi connectivity index (χ2n) is 9.26. The van der Waals surface area contributed by atoms with Crippen LogP contribution in [0, 0.1) is 24.7 Å². The van der Waals surface area contributed by atoms with E-state index in [4.69, 9.17) is 0 Å². The SMILES string of the molecule is Cc1cc(Nc2nccc(C(F)(F)F)n2)cc(-c2cnc([C@]3(O)CC(C)[C@@H](C(=O)O)[C@H](C)C3)s2)c1. The van der Waals surface area contributed by atoms with Crippen LogP contribution in [0.25, 0.3) is 10.4 Å². The highest BCUT2D eigenvalue weighted by Gasteiger charge is 2.47. The van der Waals surface area contributed by atoms with E-state index in [9.17, 15) is 28.2 Å². The fourth-order valence-electron chi connectivity index (χ4n) is 4.95. The fraction of sp³-hybridized carbons (Fsp3) is 0.417. The molecule has 1 aliphatic rings. The van der Waals surface area contributed by atoms with Crippen molar-refractivity contribution in [2.24, 2.45) is 17.8 Å². The number of halogens is 3. The van der Waals surface area contributed by atoms with Crippen molar-refractivity contribution in [1.29, 1.82) is 0 Å². The van der Waals surface area contributed by atoms with E-state index in [0.29, 0.717) is 23.5 Å². The summed E-state index contributed by atoms with van der Waals surface area (Å²) < 4.78 is 38.9. The van der Waals surface area contributed by atoms with Gasteiger partial charge in [0.1, 0.15) is 16.3 Å². The van der Waals surface area contributed by atoms with Crippen LogP contribution in [0.15, 0.2) is 36.7 Å². The number of carbonyl (C=O) groups is 1. The molecule has 11 heteroatoms. The van der Waals surface area contributed by atoms with Crippen LogP contribution >= 0.6 is 11.3 Å². The van der Waals surface area contributed by atoms with Gasteiger partial charge in [-0.15, -0.1) is 11.3 Å². The normalized spacial score (nSPS) is 24.8. The Kier molecular flexibility index (Phi) is 6.58. The van der Waals surface area contributed by atoms with E-state index < -0.39 is 29.4 Å². The molecule has 0 saturated heterocycles. The van der Waals surface area contributed by atoms with Gasteiger partial charge in [0, 0.05) is 18.1 Å². The maximum absolute atomic E-state index is 13.0. The third kappa shape index (κ3) is 5.30. The first-order valence-electron chi connectivity index (χ1n) is 11.1. The zero-order valence-electron chi connectivity index (χ0n) is 19.3. The van der Waals surface area contributed by atoms with Crippen LogP contribution in [-0.4, -0.2) is 31.1 Å². The summed E-state index contributed by atoms with van der Waals surface area (Å²) in [5.74, 6) is -1.96. The minimum atomic E-state index is -4.57. The largest absolute Gasteiger partial charge is 0.481 e. The van der Waals surface area contributed by atoms with Crippen molar-refractivity contribution in [1.82, 2.24) is 15.0 Å². The first-order valence-corrected chi connectivity index (χ1v) is 11.9. The van der Waals surface area contributed by atoms with Gasteiger partial charge in [-0.05, 0) is 60.9 Å². The molecule has 186 valence electrons. The number of thiazole rings is 1. The Morgan fingerprint density at radius 2 is 1.86 bits per heavy atom. The number of hydrogen-bond acceptors (Lipinski definition) is 7. The highest BCUT2D eigenvalue weighted by molar-refractivity contribution is 7.15. The number of carboxylic acids is 1. The summed E-state index contributed by atoms with van der Waals surface area (Å²) in [6, 6.07) is 6.23. The number of hydrogen-bond donors (Lipinski definition) is 3. The molecule has 0 amide bonds. The van der Waals surface area contributed by atoms with E-state index >= 15 is 0 Å². The molecule has 4 atom stereocenters. The molecule has 0 bridgehead atoms. The predicted octanol–water partition coefficient (Wildman–Crippen LogP) is 5.63. The summed E-state index contributed by atoms with van der Waals surface area (Å²) in [5.41, 5.74) is -0.117. The summed E-state index contributed by atoms with van der Waals surface area (Å²) in [7, 11) is 0. The summed E-state index contributed by atoms with van der Waals surface area (Å²) in [6.45, 7) is 5.53. The topological polar surface area (TPSA) is 108 Å². The van der Waals surface area contributed by atoms with Crippen molar-refractivity contribution >= 4 is 28.9 Å². The van der Waals surface area contributed by atoms with E-state index in [-0.39, 0.29) is 17.8 Å². The first kappa shape index (κ1) is 25.1. The summed E-state index contributed by atoms with van der Waals surface area (Å²) >= 11 is 1.32. The molecule has 35 heavy (non-hydrogen) atoms. The van der Waals surface area contributed by atoms with Gasteiger partial charge in [-0.1, -0.05) is 19.9 Å². The lowest BCUT2D eigenvalue weighted by Crippen LogP contribution is -2.43. The van der Waals surface area contributed by atoms with Crippen LogP contribution in [0.2, 0.25) is 0 Å². The highest BCUT2D eigenvalue weighted by Crippen LogP contribution is 2.47. The third-order valence-corrected chi connectivity index (χ3v) is 7.54. The van der Waals surface area contributed by atoms with Gasteiger partial charge in [0.25, 0.3) is 0 Å². The molecule has 1 saturated carbocycles. The number of anilines is 2. The molecule has 7 nitrogen and oxygen atoms in total. The van der Waals surface area contributed by atoms with Crippen molar-refractivity contribution in [2.45, 2.75) is 45.4 Å². The van der Waals surface area contributed by atoms with Crippen molar-refractivity contribution in [3.8, 4) is 10.4 Å². The van der Waals surface area contributed by atoms with Gasteiger partial charge >= 0.3 is 12.1 Å². The van der Waals surface area contributed by atoms with E-state index in [2.05, 4.69) is 20.3 Å². The van der Waals surface area contributed by atoms with Crippen LogP contribution in [0.5, 0.6) is 0 Å². The van der Waals surface area contributed by atoms with Crippen LogP contribution in [0.1, 0.15) is 43.0 Å². The minimum Gasteiger partial charge on any atom is -0.481 e. The molecular weight excluding hydrogens is 481 g/mol. The highest BCUT2D eigenvalue weighted by atomic mass is 32.1. The molecule has 2 heterocycles. The van der Waals surface area contributed by atoms with E-state index in [0.717, 1.165) is 28.3 Å². The number of aromatic nitrogens is 3.